The smallest absolute Gasteiger partial charge is 0.228 e. The molecule has 0 saturated carbocycles. The van der Waals surface area contributed by atoms with E-state index in [4.69, 9.17) is 32.7 Å². The van der Waals surface area contributed by atoms with E-state index in [2.05, 4.69) is 20.6 Å². The van der Waals surface area contributed by atoms with E-state index < -0.39 is 0 Å². The van der Waals surface area contributed by atoms with E-state index in [0.29, 0.717) is 59.1 Å². The van der Waals surface area contributed by atoms with Gasteiger partial charge in [-0.25, -0.2) is 9.97 Å². The van der Waals surface area contributed by atoms with Crippen molar-refractivity contribution in [2.24, 2.45) is 11.8 Å². The summed E-state index contributed by atoms with van der Waals surface area (Å²) in [7, 11) is 0. The third-order valence-electron chi connectivity index (χ3n) is 5.71. The lowest BCUT2D eigenvalue weighted by atomic mass is 9.99. The topological polar surface area (TPSA) is 85.4 Å². The van der Waals surface area contributed by atoms with Crippen LogP contribution in [0, 0.1) is 11.8 Å². The van der Waals surface area contributed by atoms with Crippen molar-refractivity contribution in [3.8, 4) is 11.3 Å². The molecule has 4 rings (SSSR count). The van der Waals surface area contributed by atoms with Gasteiger partial charge < -0.3 is 20.1 Å². The van der Waals surface area contributed by atoms with Gasteiger partial charge in [0.1, 0.15) is 11.6 Å². The van der Waals surface area contributed by atoms with Crippen LogP contribution < -0.4 is 10.6 Å². The Balaban J connectivity index is 1.49. The number of ether oxygens (including phenoxy) is 2. The molecular formula is C22H26Cl2N4O3. The number of carbonyl (C=O) groups is 1. The SMILES string of the molecule is O=C(Nc1cc(-c2nc(NCC3CCOCC3)ccc2Cl)c(Cl)cn1)C1CCOCC1. The van der Waals surface area contributed by atoms with E-state index in [-0.39, 0.29) is 11.8 Å². The summed E-state index contributed by atoms with van der Waals surface area (Å²) in [5.74, 6) is 1.58. The first-order valence-electron chi connectivity index (χ1n) is 10.6. The molecule has 7 nitrogen and oxygen atoms in total. The molecule has 2 fully saturated rings. The Labute approximate surface area is 191 Å². The minimum absolute atomic E-state index is 0.0602. The molecule has 0 bridgehead atoms. The molecular weight excluding hydrogens is 439 g/mol. The fourth-order valence-corrected chi connectivity index (χ4v) is 4.21. The van der Waals surface area contributed by atoms with Gasteiger partial charge in [-0.2, -0.15) is 0 Å². The predicted molar refractivity (Wildman–Crippen MR) is 122 cm³/mol. The van der Waals surface area contributed by atoms with Gasteiger partial charge in [0.25, 0.3) is 0 Å². The summed E-state index contributed by atoms with van der Waals surface area (Å²) < 4.78 is 10.7. The molecule has 4 heterocycles. The van der Waals surface area contributed by atoms with Gasteiger partial charge in [-0.15, -0.1) is 0 Å². The number of rotatable bonds is 6. The average Bonchev–Trinajstić information content (AvgIpc) is 2.81. The second-order valence-electron chi connectivity index (χ2n) is 7.89. The van der Waals surface area contributed by atoms with E-state index >= 15 is 0 Å². The highest BCUT2D eigenvalue weighted by molar-refractivity contribution is 6.36. The van der Waals surface area contributed by atoms with E-state index in [9.17, 15) is 4.79 Å². The maximum Gasteiger partial charge on any atom is 0.228 e. The van der Waals surface area contributed by atoms with Gasteiger partial charge in [-0.05, 0) is 49.8 Å². The summed E-state index contributed by atoms with van der Waals surface area (Å²) in [4.78, 5) is 21.5. The van der Waals surface area contributed by atoms with Gasteiger partial charge in [-0.1, -0.05) is 23.2 Å². The molecule has 2 aromatic heterocycles. The highest BCUT2D eigenvalue weighted by atomic mass is 35.5. The third-order valence-corrected chi connectivity index (χ3v) is 6.32. The molecule has 0 atom stereocenters. The first kappa shape index (κ1) is 22.3. The van der Waals surface area contributed by atoms with Gasteiger partial charge in [0, 0.05) is 50.7 Å². The van der Waals surface area contributed by atoms with Crippen molar-refractivity contribution < 1.29 is 14.3 Å². The molecule has 0 radical (unpaired) electrons. The van der Waals surface area contributed by atoms with Crippen LogP contribution in [0.4, 0.5) is 11.6 Å². The first-order chi connectivity index (χ1) is 15.1. The highest BCUT2D eigenvalue weighted by Crippen LogP contribution is 2.34. The zero-order chi connectivity index (χ0) is 21.6. The van der Waals surface area contributed by atoms with Gasteiger partial charge in [-0.3, -0.25) is 4.79 Å². The second kappa shape index (κ2) is 10.6. The number of carbonyl (C=O) groups excluding carboxylic acids is 1. The van der Waals surface area contributed by atoms with Crippen molar-refractivity contribution in [3.05, 3.63) is 34.4 Å². The van der Waals surface area contributed by atoms with E-state index in [1.165, 1.54) is 6.20 Å². The fraction of sp³-hybridized carbons (Fsp3) is 0.500. The summed E-state index contributed by atoms with van der Waals surface area (Å²) in [5.41, 5.74) is 1.17. The van der Waals surface area contributed by atoms with Crippen molar-refractivity contribution in [1.82, 2.24) is 9.97 Å². The Morgan fingerprint density at radius 3 is 2.45 bits per heavy atom. The summed E-state index contributed by atoms with van der Waals surface area (Å²) in [5, 5.41) is 7.18. The number of nitrogens with zero attached hydrogens (tertiary/aromatic N) is 2. The molecule has 31 heavy (non-hydrogen) atoms. The van der Waals surface area contributed by atoms with Crippen LogP contribution in [-0.4, -0.2) is 48.8 Å². The normalized spacial score (nSPS) is 18.0. The maximum atomic E-state index is 12.6. The average molecular weight is 465 g/mol. The Bertz CT molecular complexity index is 916. The quantitative estimate of drug-likeness (QED) is 0.646. The minimum Gasteiger partial charge on any atom is -0.381 e. The van der Waals surface area contributed by atoms with Crippen molar-refractivity contribution in [2.45, 2.75) is 25.7 Å². The van der Waals surface area contributed by atoms with Crippen LogP contribution in [-0.2, 0) is 14.3 Å². The van der Waals surface area contributed by atoms with Crippen LogP contribution in [0.2, 0.25) is 10.0 Å². The number of anilines is 2. The van der Waals surface area contributed by atoms with Crippen molar-refractivity contribution in [2.75, 3.05) is 43.6 Å². The number of aromatic nitrogens is 2. The molecule has 2 aliphatic heterocycles. The Hall–Kier alpha value is -1.93. The molecule has 0 aromatic carbocycles. The minimum atomic E-state index is -0.0749. The van der Waals surface area contributed by atoms with Gasteiger partial charge in [0.05, 0.1) is 15.7 Å². The molecule has 2 aromatic rings. The number of hydrogen-bond donors (Lipinski definition) is 2. The van der Waals surface area contributed by atoms with Crippen LogP contribution >= 0.6 is 23.2 Å². The van der Waals surface area contributed by atoms with Gasteiger partial charge in [0.2, 0.25) is 5.91 Å². The summed E-state index contributed by atoms with van der Waals surface area (Å²) in [6, 6.07) is 5.37. The largest absolute Gasteiger partial charge is 0.381 e. The Morgan fingerprint density at radius 2 is 1.71 bits per heavy atom. The Morgan fingerprint density at radius 1 is 1.00 bits per heavy atom. The lowest BCUT2D eigenvalue weighted by molar-refractivity contribution is -0.122. The lowest BCUT2D eigenvalue weighted by Crippen LogP contribution is -2.28. The molecule has 1 amide bonds. The first-order valence-corrected chi connectivity index (χ1v) is 11.4. The number of amides is 1. The molecule has 0 aliphatic carbocycles. The second-order valence-corrected chi connectivity index (χ2v) is 8.70. The van der Waals surface area contributed by atoms with Crippen molar-refractivity contribution in [3.63, 3.8) is 0 Å². The molecule has 2 N–H and O–H groups in total. The van der Waals surface area contributed by atoms with Crippen LogP contribution in [0.5, 0.6) is 0 Å². The third kappa shape index (κ3) is 5.86. The van der Waals surface area contributed by atoms with Crippen LogP contribution in [0.25, 0.3) is 11.3 Å². The summed E-state index contributed by atoms with van der Waals surface area (Å²) in [6.45, 7) is 3.64. The van der Waals surface area contributed by atoms with Crippen molar-refractivity contribution >= 4 is 40.7 Å². The standard InChI is InChI=1S/C22H26Cl2N4O3/c23-17-1-2-19(25-12-14-3-7-30-8-4-14)27-21(17)16-11-20(26-13-18(16)24)28-22(29)15-5-9-31-10-6-15/h1-2,11,13-15H,3-10,12H2,(H,25,27)(H,26,28,29). The fourth-order valence-electron chi connectivity index (χ4n) is 3.81. The monoisotopic (exact) mass is 464 g/mol. The summed E-state index contributed by atoms with van der Waals surface area (Å²) in [6.07, 6.45) is 5.01. The number of pyridine rings is 2. The van der Waals surface area contributed by atoms with Gasteiger partial charge >= 0.3 is 0 Å². The highest BCUT2D eigenvalue weighted by Gasteiger charge is 2.22. The van der Waals surface area contributed by atoms with Crippen molar-refractivity contribution in [1.29, 1.82) is 0 Å². The molecule has 0 spiro atoms. The van der Waals surface area contributed by atoms with E-state index in [1.54, 1.807) is 12.1 Å². The van der Waals surface area contributed by atoms with E-state index in [0.717, 1.165) is 38.4 Å². The zero-order valence-corrected chi connectivity index (χ0v) is 18.7. The molecule has 0 unspecified atom stereocenters. The van der Waals surface area contributed by atoms with Gasteiger partial charge in [0.15, 0.2) is 0 Å². The molecule has 9 heteroatoms. The van der Waals surface area contributed by atoms with Crippen LogP contribution in [0.15, 0.2) is 24.4 Å². The summed E-state index contributed by atoms with van der Waals surface area (Å²) >= 11 is 12.9. The van der Waals surface area contributed by atoms with E-state index in [1.807, 2.05) is 6.07 Å². The molecule has 2 saturated heterocycles. The predicted octanol–water partition coefficient (Wildman–Crippen LogP) is 4.65. The van der Waals surface area contributed by atoms with Crippen LogP contribution in [0.1, 0.15) is 25.7 Å². The Kier molecular flexibility index (Phi) is 7.61. The lowest BCUT2D eigenvalue weighted by Gasteiger charge is -2.22. The van der Waals surface area contributed by atoms with Crippen LogP contribution in [0.3, 0.4) is 0 Å². The number of hydrogen-bond acceptors (Lipinski definition) is 6. The molecule has 2 aliphatic rings. The molecule has 166 valence electrons. The number of nitrogens with one attached hydrogen (secondary N) is 2. The number of halogens is 2. The zero-order valence-electron chi connectivity index (χ0n) is 17.2. The maximum absolute atomic E-state index is 12.6.